The number of aryl methyl sites for hydroxylation is 2. The quantitative estimate of drug-likeness (QED) is 0.885. The zero-order valence-electron chi connectivity index (χ0n) is 11.1. The van der Waals surface area contributed by atoms with Gasteiger partial charge in [0.05, 0.1) is 12.2 Å². The summed E-state index contributed by atoms with van der Waals surface area (Å²) in [5, 5.41) is 11.9. The molecule has 19 heavy (non-hydrogen) atoms. The summed E-state index contributed by atoms with van der Waals surface area (Å²) in [6.45, 7) is 4.01. The maximum absolute atomic E-state index is 12.0. The molecule has 2 N–H and O–H groups in total. The predicted octanol–water partition coefficient (Wildman–Crippen LogP) is 2.32. The molecule has 1 aromatic carbocycles. The first-order chi connectivity index (χ1) is 9.10. The molecule has 0 bridgehead atoms. The summed E-state index contributed by atoms with van der Waals surface area (Å²) in [5.74, 6) is 1.20. The minimum atomic E-state index is -0.149. The van der Waals surface area contributed by atoms with Gasteiger partial charge in [-0.3, -0.25) is 4.79 Å². The molecule has 2 rings (SSSR count). The topological polar surface area (TPSA) is 62.5 Å². The van der Waals surface area contributed by atoms with E-state index in [1.807, 2.05) is 31.2 Å². The summed E-state index contributed by atoms with van der Waals surface area (Å²) >= 11 is 0. The van der Waals surface area contributed by atoms with E-state index in [1.165, 1.54) is 0 Å². The van der Waals surface area contributed by atoms with Crippen molar-refractivity contribution in [2.75, 3.05) is 0 Å². The minimum absolute atomic E-state index is 0.00181. The number of carbonyl (C=O) groups excluding carboxylic acids is 1. The van der Waals surface area contributed by atoms with Crippen molar-refractivity contribution < 1.29 is 14.3 Å². The molecular formula is C15H17NO3. The van der Waals surface area contributed by atoms with Gasteiger partial charge in [0.2, 0.25) is 0 Å². The van der Waals surface area contributed by atoms with Crippen LogP contribution < -0.4 is 5.32 Å². The highest BCUT2D eigenvalue weighted by atomic mass is 16.3. The van der Waals surface area contributed by atoms with Crippen LogP contribution in [0, 0.1) is 13.8 Å². The number of aliphatic hydroxyl groups is 1. The van der Waals surface area contributed by atoms with E-state index in [4.69, 9.17) is 9.52 Å². The molecule has 0 aliphatic rings. The molecule has 2 aromatic rings. The van der Waals surface area contributed by atoms with Crippen LogP contribution >= 0.6 is 0 Å². The number of furan rings is 1. The Hall–Kier alpha value is -2.07. The maximum atomic E-state index is 12.0. The summed E-state index contributed by atoms with van der Waals surface area (Å²) in [6, 6.07) is 9.21. The first kappa shape index (κ1) is 13.4. The van der Waals surface area contributed by atoms with Crippen molar-refractivity contribution in [3.05, 3.63) is 58.5 Å². The van der Waals surface area contributed by atoms with E-state index in [-0.39, 0.29) is 12.5 Å². The van der Waals surface area contributed by atoms with Gasteiger partial charge in [-0.1, -0.05) is 24.3 Å². The van der Waals surface area contributed by atoms with Crippen LogP contribution in [-0.2, 0) is 13.2 Å². The van der Waals surface area contributed by atoms with Crippen molar-refractivity contribution in [3.63, 3.8) is 0 Å². The van der Waals surface area contributed by atoms with E-state index in [2.05, 4.69) is 5.32 Å². The number of hydrogen-bond acceptors (Lipinski definition) is 3. The van der Waals surface area contributed by atoms with Gasteiger partial charge in [-0.2, -0.15) is 0 Å². The molecule has 1 heterocycles. The molecule has 0 fully saturated rings. The highest BCUT2D eigenvalue weighted by Crippen LogP contribution is 2.13. The molecule has 0 radical (unpaired) electrons. The molecule has 0 aliphatic heterocycles. The number of nitrogens with one attached hydrogen (secondary N) is 1. The molecule has 4 heteroatoms. The second kappa shape index (κ2) is 5.71. The Morgan fingerprint density at radius 2 is 2.00 bits per heavy atom. The van der Waals surface area contributed by atoms with Crippen molar-refractivity contribution in [1.29, 1.82) is 0 Å². The molecular weight excluding hydrogens is 242 g/mol. The summed E-state index contributed by atoms with van der Waals surface area (Å²) in [4.78, 5) is 12.0. The Balaban J connectivity index is 2.02. The van der Waals surface area contributed by atoms with E-state index in [9.17, 15) is 4.79 Å². The smallest absolute Gasteiger partial charge is 0.255 e. The number of carbonyl (C=O) groups is 1. The van der Waals surface area contributed by atoms with Crippen LogP contribution in [0.5, 0.6) is 0 Å². The van der Waals surface area contributed by atoms with E-state index in [0.717, 1.165) is 16.9 Å². The molecule has 4 nitrogen and oxygen atoms in total. The van der Waals surface area contributed by atoms with Gasteiger partial charge in [-0.05, 0) is 31.0 Å². The van der Waals surface area contributed by atoms with Crippen molar-refractivity contribution >= 4 is 5.91 Å². The molecule has 100 valence electrons. The van der Waals surface area contributed by atoms with Crippen LogP contribution in [0.15, 0.2) is 34.7 Å². The molecule has 0 unspecified atom stereocenters. The maximum Gasteiger partial charge on any atom is 0.255 e. The van der Waals surface area contributed by atoms with Gasteiger partial charge >= 0.3 is 0 Å². The van der Waals surface area contributed by atoms with E-state index < -0.39 is 0 Å². The molecule has 0 atom stereocenters. The second-order valence-electron chi connectivity index (χ2n) is 4.49. The van der Waals surface area contributed by atoms with Crippen molar-refractivity contribution in [2.24, 2.45) is 0 Å². The van der Waals surface area contributed by atoms with Gasteiger partial charge in [0.25, 0.3) is 5.91 Å². The zero-order valence-corrected chi connectivity index (χ0v) is 11.1. The van der Waals surface area contributed by atoms with Crippen LogP contribution in [0.1, 0.15) is 33.0 Å². The minimum Gasteiger partial charge on any atom is -0.466 e. The van der Waals surface area contributed by atoms with Gasteiger partial charge in [0.1, 0.15) is 11.5 Å². The van der Waals surface area contributed by atoms with Gasteiger partial charge in [-0.15, -0.1) is 0 Å². The first-order valence-electron chi connectivity index (χ1n) is 6.14. The summed E-state index contributed by atoms with van der Waals surface area (Å²) < 4.78 is 5.33. The number of aliphatic hydroxyl groups excluding tert-OH is 1. The van der Waals surface area contributed by atoms with Crippen LogP contribution in [0.3, 0.4) is 0 Å². The molecule has 1 aromatic heterocycles. The molecule has 1 amide bonds. The van der Waals surface area contributed by atoms with Crippen LogP contribution in [0.4, 0.5) is 0 Å². The van der Waals surface area contributed by atoms with Crippen LogP contribution in [0.25, 0.3) is 0 Å². The largest absolute Gasteiger partial charge is 0.466 e. The lowest BCUT2D eigenvalue weighted by Gasteiger charge is -2.06. The monoisotopic (exact) mass is 259 g/mol. The SMILES string of the molecule is Cc1cc(C(=O)NCc2cccc(CO)c2)c(C)o1. The molecule has 0 spiro atoms. The normalized spacial score (nSPS) is 10.5. The second-order valence-corrected chi connectivity index (χ2v) is 4.49. The summed E-state index contributed by atoms with van der Waals surface area (Å²) in [7, 11) is 0. The summed E-state index contributed by atoms with van der Waals surface area (Å²) in [6.07, 6.45) is 0. The van der Waals surface area contributed by atoms with E-state index in [1.54, 1.807) is 13.0 Å². The third-order valence-electron chi connectivity index (χ3n) is 2.91. The Morgan fingerprint density at radius 3 is 2.63 bits per heavy atom. The lowest BCUT2D eigenvalue weighted by molar-refractivity contribution is 0.0949. The number of rotatable bonds is 4. The standard InChI is InChI=1S/C15H17NO3/c1-10-6-14(11(2)19-10)15(18)16-8-12-4-3-5-13(7-12)9-17/h3-7,17H,8-9H2,1-2H3,(H,16,18). The van der Waals surface area contributed by atoms with Crippen molar-refractivity contribution in [3.8, 4) is 0 Å². The Labute approximate surface area is 112 Å². The first-order valence-corrected chi connectivity index (χ1v) is 6.14. The van der Waals surface area contributed by atoms with Gasteiger partial charge < -0.3 is 14.8 Å². The fourth-order valence-corrected chi connectivity index (χ4v) is 1.97. The Kier molecular flexibility index (Phi) is 4.02. The average Bonchev–Trinajstić information content (AvgIpc) is 2.75. The average molecular weight is 259 g/mol. The third-order valence-corrected chi connectivity index (χ3v) is 2.91. The molecule has 0 aliphatic carbocycles. The molecule has 0 saturated heterocycles. The van der Waals surface area contributed by atoms with Crippen LogP contribution in [-0.4, -0.2) is 11.0 Å². The van der Waals surface area contributed by atoms with Gasteiger partial charge in [0.15, 0.2) is 0 Å². The van der Waals surface area contributed by atoms with Crippen molar-refractivity contribution in [1.82, 2.24) is 5.32 Å². The molecule has 0 saturated carbocycles. The van der Waals surface area contributed by atoms with Crippen LogP contribution in [0.2, 0.25) is 0 Å². The highest BCUT2D eigenvalue weighted by Gasteiger charge is 2.12. The lowest BCUT2D eigenvalue weighted by Crippen LogP contribution is -2.23. The Bertz CT molecular complexity index is 587. The van der Waals surface area contributed by atoms with Crippen molar-refractivity contribution in [2.45, 2.75) is 27.0 Å². The van der Waals surface area contributed by atoms with Gasteiger partial charge in [-0.25, -0.2) is 0 Å². The number of amides is 1. The zero-order chi connectivity index (χ0) is 13.8. The Morgan fingerprint density at radius 1 is 1.26 bits per heavy atom. The summed E-state index contributed by atoms with van der Waals surface area (Å²) in [5.41, 5.74) is 2.36. The fraction of sp³-hybridized carbons (Fsp3) is 0.267. The van der Waals surface area contributed by atoms with Gasteiger partial charge in [0, 0.05) is 6.54 Å². The third kappa shape index (κ3) is 3.23. The highest BCUT2D eigenvalue weighted by molar-refractivity contribution is 5.95. The number of benzene rings is 1. The fourth-order valence-electron chi connectivity index (χ4n) is 1.97. The van der Waals surface area contributed by atoms with E-state index >= 15 is 0 Å². The lowest BCUT2D eigenvalue weighted by atomic mass is 10.1. The van der Waals surface area contributed by atoms with E-state index in [0.29, 0.717) is 17.9 Å². The predicted molar refractivity (Wildman–Crippen MR) is 71.7 cm³/mol. The number of hydrogen-bond donors (Lipinski definition) is 2.